The quantitative estimate of drug-likeness (QED) is 0.706. The van der Waals surface area contributed by atoms with Crippen molar-refractivity contribution in [2.24, 2.45) is 11.1 Å². The summed E-state index contributed by atoms with van der Waals surface area (Å²) in [4.78, 5) is 0. The second-order valence-electron chi connectivity index (χ2n) is 4.08. The van der Waals surface area contributed by atoms with Crippen LogP contribution >= 0.6 is 0 Å². The van der Waals surface area contributed by atoms with Crippen molar-refractivity contribution in [3.05, 3.63) is 0 Å². The fourth-order valence-electron chi connectivity index (χ4n) is 1.81. The maximum Gasteiger partial charge on any atom is 0.277 e. The molecule has 5 nitrogen and oxygen atoms in total. The Morgan fingerprint density at radius 2 is 2.07 bits per heavy atom. The summed E-state index contributed by atoms with van der Waals surface area (Å²) in [5.74, 6) is 0.328. The first kappa shape index (κ1) is 10.4. The summed E-state index contributed by atoms with van der Waals surface area (Å²) in [6, 6.07) is 0.158. The molecule has 0 aromatic heterocycles. The lowest BCUT2D eigenvalue weighted by Crippen LogP contribution is -2.41. The summed E-state index contributed by atoms with van der Waals surface area (Å²) < 4.78 is 29.2. The maximum atomic E-state index is 11.3. The third kappa shape index (κ3) is 2.44. The molecule has 1 aliphatic carbocycles. The van der Waals surface area contributed by atoms with E-state index in [9.17, 15) is 8.42 Å². The lowest BCUT2D eigenvalue weighted by molar-refractivity contribution is 0.180. The number of rotatable bonds is 4. The molecule has 2 fully saturated rings. The van der Waals surface area contributed by atoms with Gasteiger partial charge in [-0.15, -0.1) is 0 Å². The van der Waals surface area contributed by atoms with Crippen molar-refractivity contribution in [2.45, 2.75) is 25.3 Å². The van der Waals surface area contributed by atoms with Gasteiger partial charge in [-0.05, 0) is 25.2 Å². The third-order valence-corrected chi connectivity index (χ3v) is 3.84. The van der Waals surface area contributed by atoms with E-state index in [-0.39, 0.29) is 6.04 Å². The highest BCUT2D eigenvalue weighted by Gasteiger charge is 2.37. The Bertz CT molecular complexity index is 294. The molecule has 2 rings (SSSR count). The van der Waals surface area contributed by atoms with Gasteiger partial charge in [0, 0.05) is 19.2 Å². The van der Waals surface area contributed by atoms with E-state index >= 15 is 0 Å². The molecule has 0 aromatic rings. The van der Waals surface area contributed by atoms with Crippen LogP contribution in [0.15, 0.2) is 0 Å². The van der Waals surface area contributed by atoms with Gasteiger partial charge in [0.05, 0.1) is 6.61 Å². The fourth-order valence-corrected chi connectivity index (χ4v) is 2.85. The number of hydrogen-bond acceptors (Lipinski definition) is 3. The van der Waals surface area contributed by atoms with E-state index in [1.54, 1.807) is 0 Å². The van der Waals surface area contributed by atoms with E-state index < -0.39 is 10.2 Å². The van der Waals surface area contributed by atoms with E-state index in [0.29, 0.717) is 19.1 Å². The van der Waals surface area contributed by atoms with Gasteiger partial charge in [0.2, 0.25) is 0 Å². The molecule has 6 heteroatoms. The van der Waals surface area contributed by atoms with Crippen molar-refractivity contribution >= 4 is 10.2 Å². The molecule has 2 aliphatic rings. The first-order valence-corrected chi connectivity index (χ1v) is 6.45. The first-order valence-electron chi connectivity index (χ1n) is 4.94. The standard InChI is InChI=1S/C8H16N2O3S/c9-14(11,12)10(8-1-2-8)5-7-3-4-13-6-7/h7-8H,1-6H2,(H2,9,11,12)/t7-/m1/s1. The number of ether oxygens (including phenoxy) is 1. The highest BCUT2D eigenvalue weighted by Crippen LogP contribution is 2.30. The van der Waals surface area contributed by atoms with E-state index in [1.807, 2.05) is 0 Å². The third-order valence-electron chi connectivity index (χ3n) is 2.74. The molecular weight excluding hydrogens is 204 g/mol. The maximum absolute atomic E-state index is 11.3. The molecule has 2 N–H and O–H groups in total. The minimum atomic E-state index is -3.51. The van der Waals surface area contributed by atoms with Crippen LogP contribution in [0.4, 0.5) is 0 Å². The van der Waals surface area contributed by atoms with Crippen molar-refractivity contribution in [2.75, 3.05) is 19.8 Å². The van der Waals surface area contributed by atoms with E-state index in [4.69, 9.17) is 9.88 Å². The highest BCUT2D eigenvalue weighted by atomic mass is 32.2. The average Bonchev–Trinajstić information content (AvgIpc) is 2.77. The zero-order valence-electron chi connectivity index (χ0n) is 8.05. The van der Waals surface area contributed by atoms with Crippen LogP contribution in [0.2, 0.25) is 0 Å². The number of hydrogen-bond donors (Lipinski definition) is 1. The van der Waals surface area contributed by atoms with Gasteiger partial charge < -0.3 is 4.74 Å². The van der Waals surface area contributed by atoms with Crippen LogP contribution in [0.1, 0.15) is 19.3 Å². The monoisotopic (exact) mass is 220 g/mol. The van der Waals surface area contributed by atoms with Gasteiger partial charge in [-0.1, -0.05) is 0 Å². The van der Waals surface area contributed by atoms with Gasteiger partial charge in [0.15, 0.2) is 0 Å². The second kappa shape index (κ2) is 3.77. The summed E-state index contributed by atoms with van der Waals surface area (Å²) in [7, 11) is -3.51. The fraction of sp³-hybridized carbons (Fsp3) is 1.00. The highest BCUT2D eigenvalue weighted by molar-refractivity contribution is 7.86. The molecule has 0 bridgehead atoms. The molecule has 0 radical (unpaired) electrons. The second-order valence-corrected chi connectivity index (χ2v) is 5.57. The normalized spacial score (nSPS) is 28.6. The van der Waals surface area contributed by atoms with Gasteiger partial charge in [0.1, 0.15) is 0 Å². The Balaban J connectivity index is 1.96. The molecule has 1 saturated carbocycles. The van der Waals surface area contributed by atoms with E-state index in [2.05, 4.69) is 0 Å². The lowest BCUT2D eigenvalue weighted by atomic mass is 10.1. The lowest BCUT2D eigenvalue weighted by Gasteiger charge is -2.21. The zero-order valence-corrected chi connectivity index (χ0v) is 8.87. The van der Waals surface area contributed by atoms with Crippen LogP contribution in [0.5, 0.6) is 0 Å². The minimum absolute atomic E-state index is 0.158. The van der Waals surface area contributed by atoms with E-state index in [1.165, 1.54) is 4.31 Å². The molecule has 0 aromatic carbocycles. The molecule has 82 valence electrons. The molecular formula is C8H16N2O3S. The largest absolute Gasteiger partial charge is 0.381 e. The molecule has 1 aliphatic heterocycles. The van der Waals surface area contributed by atoms with Gasteiger partial charge in [-0.3, -0.25) is 0 Å². The van der Waals surface area contributed by atoms with Crippen LogP contribution in [-0.4, -0.2) is 38.5 Å². The van der Waals surface area contributed by atoms with Gasteiger partial charge in [0.25, 0.3) is 10.2 Å². The van der Waals surface area contributed by atoms with Crippen LogP contribution < -0.4 is 5.14 Å². The summed E-state index contributed by atoms with van der Waals surface area (Å²) in [6.45, 7) is 1.94. The van der Waals surface area contributed by atoms with Crippen molar-refractivity contribution in [1.29, 1.82) is 0 Å². The Morgan fingerprint density at radius 1 is 1.36 bits per heavy atom. The average molecular weight is 220 g/mol. The predicted molar refractivity (Wildman–Crippen MR) is 51.8 cm³/mol. The summed E-state index contributed by atoms with van der Waals surface area (Å²) in [5, 5.41) is 5.16. The molecule has 0 unspecified atom stereocenters. The minimum Gasteiger partial charge on any atom is -0.381 e. The van der Waals surface area contributed by atoms with Crippen LogP contribution in [0, 0.1) is 5.92 Å². The Hall–Kier alpha value is -0.170. The molecule has 1 saturated heterocycles. The first-order chi connectivity index (χ1) is 6.57. The summed E-state index contributed by atoms with van der Waals surface area (Å²) >= 11 is 0. The molecule has 1 atom stereocenters. The molecule has 0 spiro atoms. The van der Waals surface area contributed by atoms with Crippen molar-refractivity contribution in [1.82, 2.24) is 4.31 Å². The van der Waals surface area contributed by atoms with Gasteiger partial charge in [-0.25, -0.2) is 5.14 Å². The predicted octanol–water partition coefficient (Wildman–Crippen LogP) is -0.309. The SMILES string of the molecule is NS(=O)(=O)N(C[C@H]1CCOC1)C1CC1. The van der Waals surface area contributed by atoms with Crippen molar-refractivity contribution in [3.8, 4) is 0 Å². The summed E-state index contributed by atoms with van der Waals surface area (Å²) in [5.41, 5.74) is 0. The number of nitrogens with zero attached hydrogens (tertiary/aromatic N) is 1. The molecule has 0 amide bonds. The van der Waals surface area contributed by atoms with Gasteiger partial charge in [-0.2, -0.15) is 12.7 Å². The van der Waals surface area contributed by atoms with Crippen molar-refractivity contribution in [3.63, 3.8) is 0 Å². The van der Waals surface area contributed by atoms with Gasteiger partial charge >= 0.3 is 0 Å². The van der Waals surface area contributed by atoms with Crippen molar-refractivity contribution < 1.29 is 13.2 Å². The Morgan fingerprint density at radius 3 is 2.50 bits per heavy atom. The zero-order chi connectivity index (χ0) is 10.2. The number of nitrogens with two attached hydrogens (primary N) is 1. The smallest absolute Gasteiger partial charge is 0.277 e. The Labute approximate surface area is 84.4 Å². The van der Waals surface area contributed by atoms with Crippen LogP contribution in [-0.2, 0) is 14.9 Å². The Kier molecular flexibility index (Phi) is 2.79. The van der Waals surface area contributed by atoms with Crippen LogP contribution in [0.3, 0.4) is 0 Å². The topological polar surface area (TPSA) is 72.6 Å². The summed E-state index contributed by atoms with van der Waals surface area (Å²) in [6.07, 6.45) is 2.84. The molecule has 1 heterocycles. The van der Waals surface area contributed by atoms with E-state index in [0.717, 1.165) is 25.9 Å². The van der Waals surface area contributed by atoms with Crippen LogP contribution in [0.25, 0.3) is 0 Å². The molecule has 14 heavy (non-hydrogen) atoms.